The van der Waals surface area contributed by atoms with E-state index < -0.39 is 35.0 Å². The highest BCUT2D eigenvalue weighted by Crippen LogP contribution is 2.37. The summed E-state index contributed by atoms with van der Waals surface area (Å²) >= 11 is 0. The van der Waals surface area contributed by atoms with Gasteiger partial charge in [-0.1, -0.05) is 24.3 Å². The normalized spacial score (nSPS) is 19.2. The molecule has 1 N–H and O–H groups in total. The van der Waals surface area contributed by atoms with Crippen molar-refractivity contribution in [2.24, 2.45) is 0 Å². The topological polar surface area (TPSA) is 32.3 Å². The Labute approximate surface area is 188 Å². The highest BCUT2D eigenvalue weighted by molar-refractivity contribution is 5.95. The van der Waals surface area contributed by atoms with Crippen molar-refractivity contribution in [1.29, 1.82) is 0 Å². The van der Waals surface area contributed by atoms with Crippen molar-refractivity contribution < 1.29 is 31.1 Å². The lowest BCUT2D eigenvalue weighted by molar-refractivity contribution is -0.143. The Morgan fingerprint density at radius 2 is 1.56 bits per heavy atom. The van der Waals surface area contributed by atoms with E-state index in [1.54, 1.807) is 0 Å². The summed E-state index contributed by atoms with van der Waals surface area (Å²) in [6.45, 7) is 3.05. The number of amides is 1. The van der Waals surface area contributed by atoms with Gasteiger partial charge in [0.25, 0.3) is 5.91 Å². The summed E-state index contributed by atoms with van der Waals surface area (Å²) in [5, 5.41) is 3.25. The van der Waals surface area contributed by atoms with Gasteiger partial charge < -0.3 is 10.2 Å². The quantitative estimate of drug-likeness (QED) is 0.574. The number of aryl methyl sites for hydroxylation is 1. The smallest absolute Gasteiger partial charge is 0.338 e. The molecule has 32 heavy (non-hydrogen) atoms. The highest BCUT2D eigenvalue weighted by atomic mass is 35.5. The molecule has 0 aromatic heterocycles. The van der Waals surface area contributed by atoms with E-state index in [-0.39, 0.29) is 30.4 Å². The number of nitrogens with zero attached hydrogens (tertiary/aromatic N) is 1. The lowest BCUT2D eigenvalue weighted by Crippen LogP contribution is -2.49. The van der Waals surface area contributed by atoms with E-state index in [0.29, 0.717) is 31.6 Å². The van der Waals surface area contributed by atoms with Crippen LogP contribution in [0.1, 0.15) is 45.0 Å². The van der Waals surface area contributed by atoms with E-state index in [0.717, 1.165) is 11.1 Å². The van der Waals surface area contributed by atoms with Crippen LogP contribution < -0.4 is 5.32 Å². The van der Waals surface area contributed by atoms with Crippen LogP contribution in [-0.2, 0) is 12.4 Å². The third-order valence-electron chi connectivity index (χ3n) is 5.69. The fraction of sp³-hybridized carbons (Fsp3) is 0.409. The molecular weight excluding hydrogens is 458 g/mol. The van der Waals surface area contributed by atoms with Crippen LogP contribution >= 0.6 is 12.4 Å². The number of benzene rings is 2. The van der Waals surface area contributed by atoms with Gasteiger partial charge >= 0.3 is 12.4 Å². The highest BCUT2D eigenvalue weighted by Gasteiger charge is 2.39. The zero-order valence-corrected chi connectivity index (χ0v) is 18.2. The molecule has 1 heterocycles. The minimum Gasteiger partial charge on any atom is -0.338 e. The molecular formula is C22H23ClF6N2O. The predicted molar refractivity (Wildman–Crippen MR) is 111 cm³/mol. The second-order valence-corrected chi connectivity index (χ2v) is 7.73. The van der Waals surface area contributed by atoms with Gasteiger partial charge in [0.05, 0.1) is 11.1 Å². The number of likely N-dealkylation sites (N-methyl/N-ethyl adjacent to an activating group) is 1. The lowest BCUT2D eigenvalue weighted by Gasteiger charge is -2.39. The maximum absolute atomic E-state index is 13.2. The summed E-state index contributed by atoms with van der Waals surface area (Å²) in [6.07, 6.45) is -9.49. The first-order valence-electron chi connectivity index (χ1n) is 9.72. The molecule has 0 saturated carbocycles. The van der Waals surface area contributed by atoms with Gasteiger partial charge in [0, 0.05) is 31.1 Å². The van der Waals surface area contributed by atoms with Crippen LogP contribution in [0.3, 0.4) is 0 Å². The van der Waals surface area contributed by atoms with Crippen LogP contribution in [0.5, 0.6) is 0 Å². The summed E-state index contributed by atoms with van der Waals surface area (Å²) in [4.78, 5) is 14.3. The number of piperidine rings is 1. The molecule has 10 heteroatoms. The van der Waals surface area contributed by atoms with Gasteiger partial charge in [0.1, 0.15) is 0 Å². The molecule has 0 radical (unpaired) electrons. The van der Waals surface area contributed by atoms with Crippen LogP contribution in [0, 0.1) is 6.92 Å². The van der Waals surface area contributed by atoms with Gasteiger partial charge in [-0.2, -0.15) is 26.3 Å². The Hall–Kier alpha value is -2.26. The molecule has 0 bridgehead atoms. The number of alkyl halides is 6. The van der Waals surface area contributed by atoms with Gasteiger partial charge in [-0.05, 0) is 49.2 Å². The molecule has 0 spiro atoms. The van der Waals surface area contributed by atoms with E-state index in [1.165, 1.54) is 11.9 Å². The molecule has 1 aliphatic heterocycles. The molecule has 3 nitrogen and oxygen atoms in total. The van der Waals surface area contributed by atoms with Crippen molar-refractivity contribution in [2.75, 3.05) is 20.1 Å². The van der Waals surface area contributed by atoms with Crippen LogP contribution in [0.4, 0.5) is 26.3 Å². The first kappa shape index (κ1) is 26.0. The molecule has 1 saturated heterocycles. The van der Waals surface area contributed by atoms with Crippen molar-refractivity contribution in [3.8, 4) is 0 Å². The maximum atomic E-state index is 13.2. The van der Waals surface area contributed by atoms with Gasteiger partial charge in [-0.25, -0.2) is 0 Å². The van der Waals surface area contributed by atoms with Crippen molar-refractivity contribution in [2.45, 2.75) is 37.7 Å². The second kappa shape index (κ2) is 9.70. The predicted octanol–water partition coefficient (Wildman–Crippen LogP) is 5.67. The van der Waals surface area contributed by atoms with Crippen LogP contribution in [0.15, 0.2) is 42.5 Å². The third kappa shape index (κ3) is 5.56. The Morgan fingerprint density at radius 3 is 2.09 bits per heavy atom. The molecule has 3 rings (SSSR count). The number of carbonyl (C=O) groups excluding carboxylic acids is 1. The Balaban J connectivity index is 0.00000363. The Morgan fingerprint density at radius 1 is 1.00 bits per heavy atom. The fourth-order valence-corrected chi connectivity index (χ4v) is 4.06. The van der Waals surface area contributed by atoms with E-state index in [1.807, 2.05) is 31.2 Å². The Bertz CT molecular complexity index is 928. The molecule has 2 aromatic carbocycles. The first-order chi connectivity index (χ1) is 14.4. The van der Waals surface area contributed by atoms with Crippen molar-refractivity contribution in [3.63, 3.8) is 0 Å². The van der Waals surface area contributed by atoms with Gasteiger partial charge in [0.2, 0.25) is 0 Å². The molecule has 1 amide bonds. The SMILES string of the molecule is Cc1ccccc1[C@@H]1CNCC[C@H]1N(C)C(=O)c1cc(C(F)(F)F)cc(C(F)(F)F)c1.Cl. The monoisotopic (exact) mass is 480 g/mol. The molecule has 176 valence electrons. The van der Waals surface area contributed by atoms with Gasteiger partial charge in [-0.3, -0.25) is 4.79 Å². The van der Waals surface area contributed by atoms with E-state index >= 15 is 0 Å². The summed E-state index contributed by atoms with van der Waals surface area (Å²) in [5.41, 5.74) is -1.65. The molecule has 0 unspecified atom stereocenters. The largest absolute Gasteiger partial charge is 0.416 e. The van der Waals surface area contributed by atoms with E-state index in [9.17, 15) is 31.1 Å². The number of hydrogen-bond donors (Lipinski definition) is 1. The number of hydrogen-bond acceptors (Lipinski definition) is 2. The summed E-state index contributed by atoms with van der Waals surface area (Å²) in [7, 11) is 1.43. The summed E-state index contributed by atoms with van der Waals surface area (Å²) < 4.78 is 79.1. The van der Waals surface area contributed by atoms with Crippen molar-refractivity contribution >= 4 is 18.3 Å². The molecule has 1 aliphatic rings. The van der Waals surface area contributed by atoms with Crippen molar-refractivity contribution in [3.05, 3.63) is 70.3 Å². The van der Waals surface area contributed by atoms with Gasteiger partial charge in [0.15, 0.2) is 0 Å². The number of halogens is 7. The van der Waals surface area contributed by atoms with Crippen LogP contribution in [-0.4, -0.2) is 37.0 Å². The zero-order valence-electron chi connectivity index (χ0n) is 17.3. The molecule has 2 atom stereocenters. The standard InChI is InChI=1S/C22H22F6N2O.ClH/c1-13-5-3-4-6-17(13)18-12-29-8-7-19(18)30(2)20(31)14-9-15(21(23,24)25)11-16(10-14)22(26,27)28;/h3-6,9-11,18-19,29H,7-8,12H2,1-2H3;1H/t18-,19+;/m0./s1. The van der Waals surface area contributed by atoms with Gasteiger partial charge in [-0.15, -0.1) is 12.4 Å². The second-order valence-electron chi connectivity index (χ2n) is 7.73. The minimum absolute atomic E-state index is 0. The average molecular weight is 481 g/mol. The first-order valence-corrected chi connectivity index (χ1v) is 9.72. The van der Waals surface area contributed by atoms with Crippen molar-refractivity contribution in [1.82, 2.24) is 10.2 Å². The minimum atomic E-state index is -5.01. The fourth-order valence-electron chi connectivity index (χ4n) is 4.06. The number of carbonyl (C=O) groups is 1. The molecule has 2 aromatic rings. The Kier molecular flexibility index (Phi) is 7.88. The summed E-state index contributed by atoms with van der Waals surface area (Å²) in [5.74, 6) is -1.01. The maximum Gasteiger partial charge on any atom is 0.416 e. The van der Waals surface area contributed by atoms with E-state index in [2.05, 4.69) is 5.32 Å². The van der Waals surface area contributed by atoms with Crippen LogP contribution in [0.25, 0.3) is 0 Å². The number of rotatable bonds is 3. The molecule has 0 aliphatic carbocycles. The van der Waals surface area contributed by atoms with Crippen LogP contribution in [0.2, 0.25) is 0 Å². The number of nitrogens with one attached hydrogen (secondary N) is 1. The zero-order chi connectivity index (χ0) is 23.0. The average Bonchev–Trinajstić information content (AvgIpc) is 2.71. The molecule has 1 fully saturated rings. The lowest BCUT2D eigenvalue weighted by atomic mass is 9.83. The summed E-state index contributed by atoms with van der Waals surface area (Å²) in [6, 6.07) is 8.19. The third-order valence-corrected chi connectivity index (χ3v) is 5.69. The van der Waals surface area contributed by atoms with E-state index in [4.69, 9.17) is 0 Å².